The fourth-order valence-corrected chi connectivity index (χ4v) is 6.93. The topological polar surface area (TPSA) is 108 Å². The number of phosphoric acid groups is 1. The molecule has 0 spiro atoms. The van der Waals surface area contributed by atoms with Crippen molar-refractivity contribution in [1.82, 2.24) is 5.32 Å². The fourth-order valence-electron chi connectivity index (χ4n) is 6.21. The van der Waals surface area contributed by atoms with Gasteiger partial charge in [-0.2, -0.15) is 0 Å². The Balaban J connectivity index is 4.41. The lowest BCUT2D eigenvalue weighted by Gasteiger charge is -2.29. The zero-order valence-corrected chi connectivity index (χ0v) is 36.8. The molecule has 0 aliphatic rings. The minimum Gasteiger partial charge on any atom is -0.756 e. The molecule has 0 saturated carbocycles. The molecule has 2 N–H and O–H groups in total. The largest absolute Gasteiger partial charge is 0.756 e. The van der Waals surface area contributed by atoms with Crippen molar-refractivity contribution in [2.75, 3.05) is 40.9 Å². The SMILES string of the molecule is CCCC/C=C\CCCCCCCC(=O)NC(COP(=O)([O-])OCC[N+](C)(C)C)C(O)/C=C/CC/C=C/CCCCCCCCCCCCCCCCC. The van der Waals surface area contributed by atoms with E-state index in [4.69, 9.17) is 9.05 Å². The smallest absolute Gasteiger partial charge is 0.268 e. The van der Waals surface area contributed by atoms with E-state index in [1.807, 2.05) is 27.2 Å². The molecule has 54 heavy (non-hydrogen) atoms. The van der Waals surface area contributed by atoms with Crippen LogP contribution in [0.25, 0.3) is 0 Å². The summed E-state index contributed by atoms with van der Waals surface area (Å²) < 4.78 is 23.1. The third-order valence-corrected chi connectivity index (χ3v) is 10.8. The number of carbonyl (C=O) groups is 1. The van der Waals surface area contributed by atoms with E-state index < -0.39 is 26.6 Å². The number of amides is 1. The van der Waals surface area contributed by atoms with Gasteiger partial charge in [0.15, 0.2) is 0 Å². The number of nitrogens with one attached hydrogen (secondary N) is 1. The first kappa shape index (κ1) is 52.7. The van der Waals surface area contributed by atoms with Crippen LogP contribution in [0.1, 0.15) is 194 Å². The fraction of sp³-hybridized carbons (Fsp3) is 0.844. The monoisotopic (exact) mass is 783 g/mol. The highest BCUT2D eigenvalue weighted by atomic mass is 31.2. The number of rotatable bonds is 40. The normalized spacial score (nSPS) is 14.7. The predicted octanol–water partition coefficient (Wildman–Crippen LogP) is 11.7. The van der Waals surface area contributed by atoms with E-state index in [-0.39, 0.29) is 12.5 Å². The van der Waals surface area contributed by atoms with Crippen molar-refractivity contribution >= 4 is 13.7 Å². The van der Waals surface area contributed by atoms with Gasteiger partial charge >= 0.3 is 0 Å². The van der Waals surface area contributed by atoms with Gasteiger partial charge in [-0.25, -0.2) is 0 Å². The van der Waals surface area contributed by atoms with Crippen LogP contribution in [-0.2, 0) is 18.4 Å². The third kappa shape index (κ3) is 39.0. The van der Waals surface area contributed by atoms with Crippen molar-refractivity contribution in [3.8, 4) is 0 Å². The molecule has 0 aliphatic heterocycles. The number of quaternary nitrogens is 1. The molecule has 0 saturated heterocycles. The molecule has 9 heteroatoms. The van der Waals surface area contributed by atoms with Crippen LogP contribution in [0.3, 0.4) is 0 Å². The molecule has 0 aromatic heterocycles. The van der Waals surface area contributed by atoms with Gasteiger partial charge in [-0.05, 0) is 51.4 Å². The standard InChI is InChI=1S/C45H87N2O6P/c1-6-8-10-12-14-16-18-19-20-21-22-23-24-25-26-27-29-30-32-34-36-38-44(48)43(42-53-54(50,51)52-41-40-47(3,4)5)46-45(49)39-37-35-33-31-28-17-15-13-11-9-7-2/h13,15,29-30,36,38,43-44,48H,6-12,14,16-28,31-35,37,39-42H2,1-5H3,(H-,46,49,50,51)/b15-13-,30-29+,38-36+. The van der Waals surface area contributed by atoms with Crippen molar-refractivity contribution < 1.29 is 32.9 Å². The average Bonchev–Trinajstić information content (AvgIpc) is 3.12. The molecule has 1 amide bonds. The number of hydrogen-bond donors (Lipinski definition) is 2. The Morgan fingerprint density at radius 1 is 0.630 bits per heavy atom. The highest BCUT2D eigenvalue weighted by Gasteiger charge is 2.23. The maximum Gasteiger partial charge on any atom is 0.268 e. The van der Waals surface area contributed by atoms with Gasteiger partial charge < -0.3 is 28.8 Å². The molecule has 0 aromatic carbocycles. The Morgan fingerprint density at radius 3 is 1.56 bits per heavy atom. The summed E-state index contributed by atoms with van der Waals surface area (Å²) in [5.41, 5.74) is 0. The first-order valence-electron chi connectivity index (χ1n) is 22.4. The second-order valence-corrected chi connectivity index (χ2v) is 17.8. The van der Waals surface area contributed by atoms with Crippen LogP contribution in [0.2, 0.25) is 0 Å². The predicted molar refractivity (Wildman–Crippen MR) is 228 cm³/mol. The first-order valence-corrected chi connectivity index (χ1v) is 23.8. The number of carbonyl (C=O) groups excluding carboxylic acids is 1. The first-order chi connectivity index (χ1) is 26.0. The van der Waals surface area contributed by atoms with Gasteiger partial charge in [0.05, 0.1) is 39.9 Å². The summed E-state index contributed by atoms with van der Waals surface area (Å²) >= 11 is 0. The van der Waals surface area contributed by atoms with Crippen LogP contribution >= 0.6 is 7.82 Å². The maximum absolute atomic E-state index is 12.8. The minimum absolute atomic E-state index is 0.00807. The number of unbranched alkanes of at least 4 members (excludes halogenated alkanes) is 23. The Hall–Kier alpha value is -1.28. The van der Waals surface area contributed by atoms with Crippen molar-refractivity contribution in [2.24, 2.45) is 0 Å². The Bertz CT molecular complexity index is 980. The van der Waals surface area contributed by atoms with E-state index in [1.54, 1.807) is 6.08 Å². The molecule has 0 heterocycles. The highest BCUT2D eigenvalue weighted by molar-refractivity contribution is 7.45. The summed E-state index contributed by atoms with van der Waals surface area (Å²) in [5, 5.41) is 13.7. The van der Waals surface area contributed by atoms with Crippen LogP contribution in [0.4, 0.5) is 0 Å². The number of likely N-dealkylation sites (N-methyl/N-ethyl adjacent to an activating group) is 1. The number of phosphoric ester groups is 1. The minimum atomic E-state index is -4.59. The summed E-state index contributed by atoms with van der Waals surface area (Å²) in [6, 6.07) is -0.904. The lowest BCUT2D eigenvalue weighted by Crippen LogP contribution is -2.45. The molecule has 3 atom stereocenters. The van der Waals surface area contributed by atoms with E-state index in [0.717, 1.165) is 64.2 Å². The molecule has 0 rings (SSSR count). The van der Waals surface area contributed by atoms with Crippen molar-refractivity contribution in [1.29, 1.82) is 0 Å². The second-order valence-electron chi connectivity index (χ2n) is 16.4. The zero-order chi connectivity index (χ0) is 40.0. The van der Waals surface area contributed by atoms with Gasteiger partial charge in [-0.15, -0.1) is 0 Å². The van der Waals surface area contributed by atoms with Gasteiger partial charge in [0, 0.05) is 6.42 Å². The summed E-state index contributed by atoms with van der Waals surface area (Å²) in [6.07, 6.45) is 44.9. The van der Waals surface area contributed by atoms with Gasteiger partial charge in [-0.3, -0.25) is 9.36 Å². The van der Waals surface area contributed by atoms with Gasteiger partial charge in [0.25, 0.3) is 7.82 Å². The molecule has 0 radical (unpaired) electrons. The molecule has 0 aromatic rings. The van der Waals surface area contributed by atoms with Crippen LogP contribution in [0.5, 0.6) is 0 Å². The van der Waals surface area contributed by atoms with Crippen LogP contribution in [0.15, 0.2) is 36.5 Å². The number of hydrogen-bond acceptors (Lipinski definition) is 6. The summed E-state index contributed by atoms with van der Waals surface area (Å²) in [6.45, 7) is 4.57. The summed E-state index contributed by atoms with van der Waals surface area (Å²) in [7, 11) is 1.24. The molecule has 318 valence electrons. The van der Waals surface area contributed by atoms with Crippen molar-refractivity contribution in [3.05, 3.63) is 36.5 Å². The summed E-state index contributed by atoms with van der Waals surface area (Å²) in [5.74, 6) is -0.219. The molecule has 3 unspecified atom stereocenters. The van der Waals surface area contributed by atoms with Gasteiger partial charge in [0.2, 0.25) is 5.91 Å². The maximum atomic E-state index is 12.8. The second kappa shape index (κ2) is 37.3. The Morgan fingerprint density at radius 2 is 1.06 bits per heavy atom. The molecule has 8 nitrogen and oxygen atoms in total. The van der Waals surface area contributed by atoms with E-state index in [2.05, 4.69) is 43.5 Å². The van der Waals surface area contributed by atoms with Crippen LogP contribution in [0, 0.1) is 0 Å². The lowest BCUT2D eigenvalue weighted by atomic mass is 10.0. The molecular formula is C45H87N2O6P. The van der Waals surface area contributed by atoms with Crippen molar-refractivity contribution in [2.45, 2.75) is 206 Å². The molecule has 0 aliphatic carbocycles. The van der Waals surface area contributed by atoms with E-state index in [0.29, 0.717) is 17.4 Å². The number of aliphatic hydroxyl groups excluding tert-OH is 1. The summed E-state index contributed by atoms with van der Waals surface area (Å²) in [4.78, 5) is 25.2. The molecular weight excluding hydrogens is 695 g/mol. The molecule has 0 bridgehead atoms. The highest BCUT2D eigenvalue weighted by Crippen LogP contribution is 2.38. The van der Waals surface area contributed by atoms with Crippen LogP contribution in [-0.4, -0.2) is 68.5 Å². The van der Waals surface area contributed by atoms with E-state index >= 15 is 0 Å². The number of aliphatic hydroxyl groups is 1. The number of allylic oxidation sites excluding steroid dienone is 5. The quantitative estimate of drug-likeness (QED) is 0.0277. The zero-order valence-electron chi connectivity index (χ0n) is 35.9. The third-order valence-electron chi connectivity index (χ3n) is 9.82. The van der Waals surface area contributed by atoms with Crippen LogP contribution < -0.4 is 10.2 Å². The lowest BCUT2D eigenvalue weighted by molar-refractivity contribution is -0.870. The Labute approximate surface area is 334 Å². The van der Waals surface area contributed by atoms with E-state index in [9.17, 15) is 19.4 Å². The van der Waals surface area contributed by atoms with Gasteiger partial charge in [-0.1, -0.05) is 172 Å². The Kier molecular flexibility index (Phi) is 36.4. The van der Waals surface area contributed by atoms with Crippen molar-refractivity contribution in [3.63, 3.8) is 0 Å². The average molecular weight is 783 g/mol. The molecule has 0 fully saturated rings. The van der Waals surface area contributed by atoms with Gasteiger partial charge in [0.1, 0.15) is 13.2 Å². The van der Waals surface area contributed by atoms with E-state index in [1.165, 1.54) is 109 Å². The number of nitrogens with zero attached hydrogens (tertiary/aromatic N) is 1.